The van der Waals surface area contributed by atoms with Crippen molar-refractivity contribution in [3.05, 3.63) is 40.8 Å². The second-order valence-corrected chi connectivity index (χ2v) is 5.22. The summed E-state index contributed by atoms with van der Waals surface area (Å²) in [4.78, 5) is 0. The van der Waals surface area contributed by atoms with Crippen molar-refractivity contribution >= 4 is 28.1 Å². The van der Waals surface area contributed by atoms with Crippen LogP contribution in [0.3, 0.4) is 0 Å². The molecule has 5 nitrogen and oxygen atoms in total. The summed E-state index contributed by atoms with van der Waals surface area (Å²) >= 11 is 6.78. The van der Waals surface area contributed by atoms with Crippen molar-refractivity contribution in [3.8, 4) is 11.8 Å². The first-order valence-electron chi connectivity index (χ1n) is 5.95. The first-order valence-corrected chi connectivity index (χ1v) is 7.11. The zero-order chi connectivity index (χ0) is 15.2. The number of rotatable bonds is 6. The average Bonchev–Trinajstić information content (AvgIpc) is 2.84. The van der Waals surface area contributed by atoms with Crippen molar-refractivity contribution < 1.29 is 14.2 Å². The summed E-state index contributed by atoms with van der Waals surface area (Å²) in [6, 6.07) is 7.45. The van der Waals surface area contributed by atoms with E-state index in [2.05, 4.69) is 9.69 Å². The number of hydrogen-bond donors (Lipinski definition) is 2. The van der Waals surface area contributed by atoms with E-state index in [1.165, 1.54) is 24.3 Å². The van der Waals surface area contributed by atoms with Gasteiger partial charge in [0.25, 0.3) is 0 Å². The lowest BCUT2D eigenvalue weighted by Gasteiger charge is -2.13. The second-order valence-electron chi connectivity index (χ2n) is 4.09. The molecule has 1 atom stereocenters. The van der Waals surface area contributed by atoms with Gasteiger partial charge in [0.2, 0.25) is 0 Å². The highest BCUT2D eigenvalue weighted by Gasteiger charge is 2.13. The summed E-state index contributed by atoms with van der Waals surface area (Å²) in [5, 5.41) is 22.2. The lowest BCUT2D eigenvalue weighted by molar-refractivity contribution is 0.117. The van der Waals surface area contributed by atoms with Gasteiger partial charge in [0, 0.05) is 6.54 Å². The van der Waals surface area contributed by atoms with Crippen LogP contribution in [0.25, 0.3) is 0 Å². The van der Waals surface area contributed by atoms with Crippen LogP contribution in [0.2, 0.25) is 5.15 Å². The molecule has 110 valence electrons. The van der Waals surface area contributed by atoms with Gasteiger partial charge in [0.15, 0.2) is 5.15 Å². The molecular weight excluding hydrogens is 317 g/mol. The van der Waals surface area contributed by atoms with Gasteiger partial charge in [-0.25, -0.2) is 4.39 Å². The quantitative estimate of drug-likeness (QED) is 0.852. The van der Waals surface area contributed by atoms with E-state index in [9.17, 15) is 9.50 Å². The fraction of sp³-hybridized carbons (Fsp3) is 0.231. The number of aliphatic hydroxyl groups is 1. The number of aromatic nitrogens is 1. The standard InChI is InChI=1S/C13H11ClFN3O2S/c14-12-11(5-16)13(21-18-12)17-6-9(19)7-20-10-3-1-8(15)2-4-10/h1-4,9,17,19H,6-7H2/t9-/m1/s1. The fourth-order valence-corrected chi connectivity index (χ4v) is 2.42. The van der Waals surface area contributed by atoms with Gasteiger partial charge in [-0.3, -0.25) is 0 Å². The van der Waals surface area contributed by atoms with Crippen molar-refractivity contribution in [2.24, 2.45) is 0 Å². The van der Waals surface area contributed by atoms with Gasteiger partial charge in [-0.15, -0.1) is 0 Å². The van der Waals surface area contributed by atoms with Crippen molar-refractivity contribution in [1.82, 2.24) is 4.37 Å². The van der Waals surface area contributed by atoms with E-state index < -0.39 is 6.10 Å². The van der Waals surface area contributed by atoms with E-state index in [0.717, 1.165) is 11.5 Å². The van der Waals surface area contributed by atoms with E-state index >= 15 is 0 Å². The number of nitrogens with zero attached hydrogens (tertiary/aromatic N) is 2. The molecular formula is C13H11ClFN3O2S. The smallest absolute Gasteiger partial charge is 0.162 e. The first kappa shape index (κ1) is 15.5. The van der Waals surface area contributed by atoms with Gasteiger partial charge in [0.1, 0.15) is 40.9 Å². The Morgan fingerprint density at radius 1 is 1.48 bits per heavy atom. The third-order valence-corrected chi connectivity index (χ3v) is 3.70. The number of hydrogen-bond acceptors (Lipinski definition) is 6. The second kappa shape index (κ2) is 7.22. The SMILES string of the molecule is N#Cc1c(Cl)nsc1NC[C@@H](O)COc1ccc(F)cc1. The number of nitrogens with one attached hydrogen (secondary N) is 1. The molecule has 0 aliphatic rings. The lowest BCUT2D eigenvalue weighted by Crippen LogP contribution is -2.26. The maximum atomic E-state index is 12.7. The van der Waals surface area contributed by atoms with Crippen LogP contribution < -0.4 is 10.1 Å². The Balaban J connectivity index is 1.81. The molecule has 0 unspecified atom stereocenters. The van der Waals surface area contributed by atoms with Crippen molar-refractivity contribution in [3.63, 3.8) is 0 Å². The number of halogens is 2. The van der Waals surface area contributed by atoms with E-state index in [1.807, 2.05) is 6.07 Å². The Morgan fingerprint density at radius 3 is 2.86 bits per heavy atom. The van der Waals surface area contributed by atoms with Gasteiger partial charge in [-0.1, -0.05) is 11.6 Å². The summed E-state index contributed by atoms with van der Waals surface area (Å²) in [5.74, 6) is 0.115. The third-order valence-electron chi connectivity index (χ3n) is 2.52. The molecule has 21 heavy (non-hydrogen) atoms. The predicted octanol–water partition coefficient (Wildman–Crippen LogP) is 2.66. The summed E-state index contributed by atoms with van der Waals surface area (Å²) < 4.78 is 21.9. The molecule has 0 saturated carbocycles. The Morgan fingerprint density at radius 2 is 2.19 bits per heavy atom. The molecule has 0 radical (unpaired) electrons. The third kappa shape index (κ3) is 4.29. The zero-order valence-electron chi connectivity index (χ0n) is 10.7. The minimum absolute atomic E-state index is 0.0348. The normalized spacial score (nSPS) is 11.7. The summed E-state index contributed by atoms with van der Waals surface area (Å²) in [6.45, 7) is 0.210. The molecule has 1 aromatic carbocycles. The molecule has 0 fully saturated rings. The Labute approximate surface area is 129 Å². The topological polar surface area (TPSA) is 78.2 Å². The molecule has 1 heterocycles. The maximum Gasteiger partial charge on any atom is 0.162 e. The van der Waals surface area contributed by atoms with Crippen LogP contribution in [0.4, 0.5) is 9.39 Å². The molecule has 2 N–H and O–H groups in total. The van der Waals surface area contributed by atoms with E-state index in [4.69, 9.17) is 21.6 Å². The number of aliphatic hydroxyl groups excluding tert-OH is 1. The van der Waals surface area contributed by atoms with E-state index in [1.54, 1.807) is 0 Å². The fourth-order valence-electron chi connectivity index (χ4n) is 1.48. The van der Waals surface area contributed by atoms with Crippen molar-refractivity contribution in [2.75, 3.05) is 18.5 Å². The summed E-state index contributed by atoms with van der Waals surface area (Å²) in [5.41, 5.74) is 0.258. The predicted molar refractivity (Wildman–Crippen MR) is 78.2 cm³/mol. The molecule has 0 saturated heterocycles. The molecule has 0 bridgehead atoms. The Bertz CT molecular complexity index is 642. The van der Waals surface area contributed by atoms with Crippen LogP contribution in [0.5, 0.6) is 5.75 Å². The van der Waals surface area contributed by atoms with Gasteiger partial charge in [-0.05, 0) is 35.8 Å². The molecule has 0 amide bonds. The molecule has 0 aliphatic carbocycles. The van der Waals surface area contributed by atoms with Gasteiger partial charge < -0.3 is 15.2 Å². The van der Waals surface area contributed by atoms with Crippen molar-refractivity contribution in [1.29, 1.82) is 5.26 Å². The zero-order valence-corrected chi connectivity index (χ0v) is 12.3. The summed E-state index contributed by atoms with van der Waals surface area (Å²) in [7, 11) is 0. The monoisotopic (exact) mass is 327 g/mol. The average molecular weight is 328 g/mol. The molecule has 0 spiro atoms. The number of ether oxygens (including phenoxy) is 1. The molecule has 1 aromatic heterocycles. The van der Waals surface area contributed by atoms with Gasteiger partial charge >= 0.3 is 0 Å². The number of benzene rings is 1. The van der Waals surface area contributed by atoms with Crippen LogP contribution in [0, 0.1) is 17.1 Å². The summed E-state index contributed by atoms with van der Waals surface area (Å²) in [6.07, 6.45) is -0.803. The molecule has 2 rings (SSSR count). The van der Waals surface area contributed by atoms with Gasteiger partial charge in [-0.2, -0.15) is 9.64 Å². The largest absolute Gasteiger partial charge is 0.491 e. The van der Waals surface area contributed by atoms with Crippen LogP contribution in [-0.4, -0.2) is 28.7 Å². The maximum absolute atomic E-state index is 12.7. The number of nitriles is 1. The van der Waals surface area contributed by atoms with E-state index in [-0.39, 0.29) is 29.7 Å². The van der Waals surface area contributed by atoms with Crippen LogP contribution in [-0.2, 0) is 0 Å². The molecule has 8 heteroatoms. The van der Waals surface area contributed by atoms with Gasteiger partial charge in [0.05, 0.1) is 0 Å². The van der Waals surface area contributed by atoms with Crippen LogP contribution >= 0.6 is 23.1 Å². The van der Waals surface area contributed by atoms with E-state index in [0.29, 0.717) is 10.8 Å². The highest BCUT2D eigenvalue weighted by atomic mass is 35.5. The van der Waals surface area contributed by atoms with Crippen molar-refractivity contribution in [2.45, 2.75) is 6.10 Å². The lowest BCUT2D eigenvalue weighted by atomic mass is 10.3. The number of anilines is 1. The highest BCUT2D eigenvalue weighted by molar-refractivity contribution is 7.10. The van der Waals surface area contributed by atoms with Crippen LogP contribution in [0.15, 0.2) is 24.3 Å². The molecule has 0 aliphatic heterocycles. The Kier molecular flexibility index (Phi) is 5.33. The molecule has 2 aromatic rings. The highest BCUT2D eigenvalue weighted by Crippen LogP contribution is 2.27. The minimum Gasteiger partial charge on any atom is -0.491 e. The minimum atomic E-state index is -0.803. The first-order chi connectivity index (χ1) is 10.1. The Hall–Kier alpha value is -1.88. The van der Waals surface area contributed by atoms with Crippen LogP contribution in [0.1, 0.15) is 5.56 Å².